The van der Waals surface area contributed by atoms with Gasteiger partial charge in [-0.15, -0.1) is 0 Å². The van der Waals surface area contributed by atoms with Crippen LogP contribution in [0.4, 0.5) is 17.5 Å². The van der Waals surface area contributed by atoms with E-state index in [0.717, 1.165) is 12.0 Å². The summed E-state index contributed by atoms with van der Waals surface area (Å²) in [4.78, 5) is 26.7. The van der Waals surface area contributed by atoms with Crippen molar-refractivity contribution in [2.24, 2.45) is 0 Å². The Morgan fingerprint density at radius 1 is 0.974 bits per heavy atom. The largest absolute Gasteiger partial charge is 0.368 e. The van der Waals surface area contributed by atoms with E-state index in [2.05, 4.69) is 22.4 Å². The zero-order valence-electron chi connectivity index (χ0n) is 20.9. The number of anilines is 2. The van der Waals surface area contributed by atoms with E-state index in [0.29, 0.717) is 62.2 Å². The minimum absolute atomic E-state index is 0.0342. The quantitative estimate of drug-likeness (QED) is 0.252. The molecular formula is C25H28N8O4S. The average molecular weight is 537 g/mol. The van der Waals surface area contributed by atoms with Gasteiger partial charge < -0.3 is 14.8 Å². The molecule has 198 valence electrons. The van der Waals surface area contributed by atoms with Gasteiger partial charge in [0.2, 0.25) is 16.0 Å². The molecule has 1 saturated heterocycles. The highest BCUT2D eigenvalue weighted by Gasteiger charge is 2.26. The van der Waals surface area contributed by atoms with Gasteiger partial charge in [0.1, 0.15) is 0 Å². The Bertz CT molecular complexity index is 1530. The number of aromatic nitrogens is 4. The number of piperazine rings is 1. The number of hydrogen-bond donors (Lipinski definition) is 1. The standard InChI is InChI=1S/C25H28N8O4S/c1-38(36,37)32-15-13-30(14-16-32)25-28-23(26-12-11-19-5-3-2-4-6-19)22-24(29-25)31(18-27-22)17-20-7-9-21(10-8-20)33(34)35/h2-10,18H,11-17H2,1H3,(H,26,28,29). The Morgan fingerprint density at radius 2 is 1.68 bits per heavy atom. The molecule has 0 atom stereocenters. The van der Waals surface area contributed by atoms with E-state index in [4.69, 9.17) is 9.97 Å². The number of non-ortho nitro benzene ring substituents is 1. The third kappa shape index (κ3) is 5.73. The molecule has 1 fully saturated rings. The minimum atomic E-state index is -3.26. The molecule has 38 heavy (non-hydrogen) atoms. The first kappa shape index (κ1) is 25.5. The zero-order chi connectivity index (χ0) is 26.7. The molecule has 0 saturated carbocycles. The topological polar surface area (TPSA) is 139 Å². The van der Waals surface area contributed by atoms with Crippen molar-refractivity contribution >= 4 is 38.6 Å². The smallest absolute Gasteiger partial charge is 0.269 e. The van der Waals surface area contributed by atoms with Crippen molar-refractivity contribution in [3.63, 3.8) is 0 Å². The van der Waals surface area contributed by atoms with Crippen molar-refractivity contribution in [2.45, 2.75) is 13.0 Å². The number of nitro benzene ring substituents is 1. The molecule has 1 N–H and O–H groups in total. The average Bonchev–Trinajstić information content (AvgIpc) is 3.32. The van der Waals surface area contributed by atoms with E-state index in [9.17, 15) is 18.5 Å². The van der Waals surface area contributed by atoms with Gasteiger partial charge >= 0.3 is 0 Å². The Kier molecular flexibility index (Phi) is 7.20. The maximum Gasteiger partial charge on any atom is 0.269 e. The van der Waals surface area contributed by atoms with Crippen molar-refractivity contribution in [1.82, 2.24) is 23.8 Å². The third-order valence-corrected chi connectivity index (χ3v) is 7.79. The molecule has 0 bridgehead atoms. The van der Waals surface area contributed by atoms with Crippen molar-refractivity contribution in [2.75, 3.05) is 49.2 Å². The second kappa shape index (κ2) is 10.7. The van der Waals surface area contributed by atoms with Gasteiger partial charge in [-0.2, -0.15) is 14.3 Å². The summed E-state index contributed by atoms with van der Waals surface area (Å²) in [5, 5.41) is 14.4. The number of sulfonamides is 1. The van der Waals surface area contributed by atoms with Crippen molar-refractivity contribution in [3.8, 4) is 0 Å². The molecule has 0 amide bonds. The Labute approximate surface area is 220 Å². The van der Waals surface area contributed by atoms with Crippen LogP contribution in [0.5, 0.6) is 0 Å². The van der Waals surface area contributed by atoms with Gasteiger partial charge in [-0.1, -0.05) is 42.5 Å². The molecule has 0 aliphatic carbocycles. The SMILES string of the molecule is CS(=O)(=O)N1CCN(c2nc(NCCc3ccccc3)c3ncn(Cc4ccc([N+](=O)[O-])cc4)c3n2)CC1. The molecule has 13 heteroatoms. The lowest BCUT2D eigenvalue weighted by Crippen LogP contribution is -2.48. The monoisotopic (exact) mass is 536 g/mol. The van der Waals surface area contributed by atoms with Gasteiger partial charge in [0.15, 0.2) is 17.0 Å². The molecule has 3 heterocycles. The second-order valence-corrected chi connectivity index (χ2v) is 11.1. The predicted octanol–water partition coefficient (Wildman–Crippen LogP) is 2.52. The lowest BCUT2D eigenvalue weighted by atomic mass is 10.1. The lowest BCUT2D eigenvalue weighted by Gasteiger charge is -2.33. The lowest BCUT2D eigenvalue weighted by molar-refractivity contribution is -0.384. The van der Waals surface area contributed by atoms with Crippen LogP contribution in [0, 0.1) is 10.1 Å². The summed E-state index contributed by atoms with van der Waals surface area (Å²) < 4.78 is 27.2. The summed E-state index contributed by atoms with van der Waals surface area (Å²) in [7, 11) is -3.26. The van der Waals surface area contributed by atoms with Gasteiger partial charge in [0.05, 0.1) is 24.1 Å². The van der Waals surface area contributed by atoms with Crippen LogP contribution in [0.15, 0.2) is 60.9 Å². The zero-order valence-corrected chi connectivity index (χ0v) is 21.7. The van der Waals surface area contributed by atoms with Crippen LogP contribution in [0.3, 0.4) is 0 Å². The van der Waals surface area contributed by atoms with Crippen LogP contribution in [0.2, 0.25) is 0 Å². The number of hydrogen-bond acceptors (Lipinski definition) is 9. The highest BCUT2D eigenvalue weighted by Crippen LogP contribution is 2.25. The molecule has 0 spiro atoms. The van der Waals surface area contributed by atoms with E-state index < -0.39 is 14.9 Å². The second-order valence-electron chi connectivity index (χ2n) is 9.15. The fraction of sp³-hybridized carbons (Fsp3) is 0.320. The minimum Gasteiger partial charge on any atom is -0.368 e. The van der Waals surface area contributed by atoms with Crippen LogP contribution in [0.25, 0.3) is 11.2 Å². The molecule has 2 aromatic heterocycles. The van der Waals surface area contributed by atoms with E-state index >= 15 is 0 Å². The van der Waals surface area contributed by atoms with Crippen molar-refractivity contribution in [3.05, 3.63) is 82.2 Å². The number of nitrogens with zero attached hydrogens (tertiary/aromatic N) is 7. The van der Waals surface area contributed by atoms with Crippen LogP contribution < -0.4 is 10.2 Å². The third-order valence-electron chi connectivity index (χ3n) is 6.49. The summed E-state index contributed by atoms with van der Waals surface area (Å²) >= 11 is 0. The van der Waals surface area contributed by atoms with Gasteiger partial charge in [-0.3, -0.25) is 10.1 Å². The van der Waals surface area contributed by atoms with E-state index in [-0.39, 0.29) is 5.69 Å². The van der Waals surface area contributed by atoms with Crippen molar-refractivity contribution in [1.29, 1.82) is 0 Å². The van der Waals surface area contributed by atoms with Crippen LogP contribution in [-0.2, 0) is 23.0 Å². The fourth-order valence-corrected chi connectivity index (χ4v) is 5.25. The van der Waals surface area contributed by atoms with Gasteiger partial charge in [0, 0.05) is 44.9 Å². The van der Waals surface area contributed by atoms with Crippen LogP contribution in [0.1, 0.15) is 11.1 Å². The van der Waals surface area contributed by atoms with E-state index in [1.54, 1.807) is 18.5 Å². The summed E-state index contributed by atoms with van der Waals surface area (Å²) in [5.74, 6) is 1.10. The molecule has 12 nitrogen and oxygen atoms in total. The first-order chi connectivity index (χ1) is 18.3. The summed E-state index contributed by atoms with van der Waals surface area (Å²) in [6.45, 7) is 2.73. The number of benzene rings is 2. The fourth-order valence-electron chi connectivity index (χ4n) is 4.42. The van der Waals surface area contributed by atoms with Crippen LogP contribution in [-0.4, -0.2) is 76.1 Å². The molecule has 1 aliphatic heterocycles. The summed E-state index contributed by atoms with van der Waals surface area (Å²) in [6, 6.07) is 16.5. The van der Waals surface area contributed by atoms with Crippen LogP contribution >= 0.6 is 0 Å². The number of imidazole rings is 1. The molecule has 0 radical (unpaired) electrons. The molecular weight excluding hydrogens is 508 g/mol. The summed E-state index contributed by atoms with van der Waals surface area (Å²) in [5.41, 5.74) is 3.35. The molecule has 1 aliphatic rings. The van der Waals surface area contributed by atoms with Crippen molar-refractivity contribution < 1.29 is 13.3 Å². The number of rotatable bonds is 9. The van der Waals surface area contributed by atoms with E-state index in [1.807, 2.05) is 27.7 Å². The number of fused-ring (bicyclic) bond motifs is 1. The number of nitrogens with one attached hydrogen (secondary N) is 1. The van der Waals surface area contributed by atoms with Gasteiger partial charge in [0.25, 0.3) is 5.69 Å². The molecule has 5 rings (SSSR count). The normalized spacial score (nSPS) is 14.6. The Hall–Kier alpha value is -4.10. The van der Waals surface area contributed by atoms with Gasteiger partial charge in [-0.05, 0) is 17.5 Å². The van der Waals surface area contributed by atoms with E-state index in [1.165, 1.54) is 28.3 Å². The Morgan fingerprint density at radius 3 is 2.34 bits per heavy atom. The molecule has 0 unspecified atom stereocenters. The van der Waals surface area contributed by atoms with Gasteiger partial charge in [-0.25, -0.2) is 13.4 Å². The predicted molar refractivity (Wildman–Crippen MR) is 145 cm³/mol. The molecule has 2 aromatic carbocycles. The first-order valence-electron chi connectivity index (χ1n) is 12.2. The highest BCUT2D eigenvalue weighted by molar-refractivity contribution is 7.88. The summed E-state index contributed by atoms with van der Waals surface area (Å²) in [6.07, 6.45) is 3.71. The number of nitro groups is 1. The highest BCUT2D eigenvalue weighted by atomic mass is 32.2. The maximum absolute atomic E-state index is 12.0. The maximum atomic E-state index is 12.0. The molecule has 4 aromatic rings. The first-order valence-corrected chi connectivity index (χ1v) is 14.1. The Balaban J connectivity index is 1.43.